The Labute approximate surface area is 98.8 Å². The largest absolute Gasteiger partial charge is 0.480 e. The molecule has 0 heterocycles. The van der Waals surface area contributed by atoms with Crippen LogP contribution in [0.4, 0.5) is 5.69 Å². The number of hydrogen-bond acceptors (Lipinski definition) is 4. The molecule has 1 aromatic rings. The number of hydrogen-bond donors (Lipinski definition) is 4. The predicted molar refractivity (Wildman–Crippen MR) is 62.6 cm³/mol. The molecule has 0 amide bonds. The summed E-state index contributed by atoms with van der Waals surface area (Å²) in [6, 6.07) is 6.75. The van der Waals surface area contributed by atoms with Crippen molar-refractivity contribution in [2.24, 2.45) is 5.73 Å². The lowest BCUT2D eigenvalue weighted by Crippen LogP contribution is -2.47. The Morgan fingerprint density at radius 1 is 1.35 bits per heavy atom. The van der Waals surface area contributed by atoms with Crippen LogP contribution in [0.5, 0.6) is 0 Å². The Morgan fingerprint density at radius 2 is 1.94 bits per heavy atom. The van der Waals surface area contributed by atoms with Gasteiger partial charge in [-0.15, -0.1) is 0 Å². The summed E-state index contributed by atoms with van der Waals surface area (Å²) < 4.78 is 27.2. The quantitative estimate of drug-likeness (QED) is 0.540. The van der Waals surface area contributed by atoms with Crippen molar-refractivity contribution in [2.45, 2.75) is 6.04 Å². The average molecular weight is 259 g/mol. The molecule has 0 saturated carbocycles. The molecule has 0 aliphatic heterocycles. The maximum Gasteiger partial charge on any atom is 0.323 e. The minimum absolute atomic E-state index is 0.328. The lowest BCUT2D eigenvalue weighted by Gasteiger charge is -2.13. The van der Waals surface area contributed by atoms with Crippen molar-refractivity contribution in [3.8, 4) is 0 Å². The molecule has 94 valence electrons. The molecule has 8 heteroatoms. The first-order valence-corrected chi connectivity index (χ1v) is 6.21. The van der Waals surface area contributed by atoms with E-state index in [9.17, 15) is 13.2 Å². The summed E-state index contributed by atoms with van der Waals surface area (Å²) in [7, 11) is -3.95. The van der Waals surface area contributed by atoms with Crippen LogP contribution in [0.25, 0.3) is 0 Å². The fourth-order valence-corrected chi connectivity index (χ4v) is 2.15. The van der Waals surface area contributed by atoms with E-state index in [4.69, 9.17) is 10.8 Å². The highest BCUT2D eigenvalue weighted by atomic mass is 32.2. The van der Waals surface area contributed by atoms with Gasteiger partial charge >= 0.3 is 5.97 Å². The topological polar surface area (TPSA) is 122 Å². The zero-order valence-electron chi connectivity index (χ0n) is 8.83. The second-order valence-electron chi connectivity index (χ2n) is 3.22. The molecule has 0 aromatic heterocycles. The Morgan fingerprint density at radius 3 is 2.41 bits per heavy atom. The van der Waals surface area contributed by atoms with E-state index in [-0.39, 0.29) is 6.54 Å². The van der Waals surface area contributed by atoms with Gasteiger partial charge in [0.1, 0.15) is 6.04 Å². The number of carbonyl (C=O) groups is 1. The Kier molecular flexibility index (Phi) is 4.44. The van der Waals surface area contributed by atoms with Gasteiger partial charge in [-0.3, -0.25) is 9.52 Å². The van der Waals surface area contributed by atoms with Crippen molar-refractivity contribution in [3.63, 3.8) is 0 Å². The molecule has 0 saturated heterocycles. The molecule has 0 bridgehead atoms. The first-order chi connectivity index (χ1) is 7.94. The van der Waals surface area contributed by atoms with Gasteiger partial charge in [0.15, 0.2) is 0 Å². The summed E-state index contributed by atoms with van der Waals surface area (Å²) in [5.41, 5.74) is 5.47. The first kappa shape index (κ1) is 13.4. The Bertz CT molecular complexity index is 474. The molecule has 1 rings (SSSR count). The summed E-state index contributed by atoms with van der Waals surface area (Å²) in [5.74, 6) is -1.33. The van der Waals surface area contributed by atoms with E-state index in [0.29, 0.717) is 5.69 Å². The summed E-state index contributed by atoms with van der Waals surface area (Å²) in [4.78, 5) is 10.6. The van der Waals surface area contributed by atoms with E-state index in [0.717, 1.165) is 0 Å². The fourth-order valence-electron chi connectivity index (χ4n) is 1.08. The second kappa shape index (κ2) is 5.62. The fraction of sp³-hybridized carbons (Fsp3) is 0.222. The molecule has 0 spiro atoms. The van der Waals surface area contributed by atoms with Crippen LogP contribution in [0.3, 0.4) is 0 Å². The molecule has 0 radical (unpaired) electrons. The first-order valence-electron chi connectivity index (χ1n) is 4.72. The number of carboxylic acid groups (broad SMARTS) is 1. The van der Waals surface area contributed by atoms with E-state index in [1.54, 1.807) is 18.2 Å². The maximum atomic E-state index is 11.5. The standard InChI is InChI=1S/C9H13N3O4S/c10-6-8(9(13)14)12-17(15,16)11-7-4-2-1-3-5-7/h1-5,8,11-12H,6,10H2,(H,13,14). The minimum Gasteiger partial charge on any atom is -0.480 e. The van der Waals surface area contributed by atoms with Gasteiger partial charge in [-0.2, -0.15) is 13.1 Å². The Hall–Kier alpha value is -1.64. The highest BCUT2D eigenvalue weighted by Gasteiger charge is 2.22. The van der Waals surface area contributed by atoms with E-state index < -0.39 is 22.2 Å². The summed E-state index contributed by atoms with van der Waals surface area (Å²) in [6.07, 6.45) is 0. The number of nitrogens with one attached hydrogen (secondary N) is 2. The van der Waals surface area contributed by atoms with Crippen LogP contribution in [-0.2, 0) is 15.0 Å². The van der Waals surface area contributed by atoms with Gasteiger partial charge in [-0.05, 0) is 12.1 Å². The van der Waals surface area contributed by atoms with Gasteiger partial charge < -0.3 is 10.8 Å². The number of carboxylic acids is 1. The van der Waals surface area contributed by atoms with Crippen LogP contribution in [0.15, 0.2) is 30.3 Å². The van der Waals surface area contributed by atoms with Gasteiger partial charge in [0.25, 0.3) is 10.2 Å². The SMILES string of the molecule is NCC(NS(=O)(=O)Nc1ccccc1)C(=O)O. The van der Waals surface area contributed by atoms with Crippen LogP contribution in [0.1, 0.15) is 0 Å². The van der Waals surface area contributed by atoms with Gasteiger partial charge in [0, 0.05) is 12.2 Å². The van der Waals surface area contributed by atoms with E-state index >= 15 is 0 Å². The molecular formula is C9H13N3O4S. The number of anilines is 1. The van der Waals surface area contributed by atoms with E-state index in [1.807, 2.05) is 4.72 Å². The molecule has 17 heavy (non-hydrogen) atoms. The van der Waals surface area contributed by atoms with Gasteiger partial charge in [-0.1, -0.05) is 18.2 Å². The highest BCUT2D eigenvalue weighted by molar-refractivity contribution is 7.90. The molecule has 0 aliphatic carbocycles. The van der Waals surface area contributed by atoms with Crippen molar-refractivity contribution in [1.82, 2.24) is 4.72 Å². The number of benzene rings is 1. The molecule has 1 atom stereocenters. The van der Waals surface area contributed by atoms with Gasteiger partial charge in [0.2, 0.25) is 0 Å². The van der Waals surface area contributed by atoms with Gasteiger partial charge in [0.05, 0.1) is 0 Å². The molecule has 1 aromatic carbocycles. The van der Waals surface area contributed by atoms with Crippen LogP contribution >= 0.6 is 0 Å². The molecule has 0 aliphatic rings. The maximum absolute atomic E-state index is 11.5. The molecule has 0 fully saturated rings. The summed E-state index contributed by atoms with van der Waals surface area (Å²) >= 11 is 0. The zero-order chi connectivity index (χ0) is 12.9. The van der Waals surface area contributed by atoms with Crippen molar-refractivity contribution in [3.05, 3.63) is 30.3 Å². The second-order valence-corrected chi connectivity index (χ2v) is 4.66. The normalized spacial score (nSPS) is 13.0. The monoisotopic (exact) mass is 259 g/mol. The summed E-state index contributed by atoms with van der Waals surface area (Å²) in [6.45, 7) is -0.328. The molecule has 7 nitrogen and oxygen atoms in total. The number of aliphatic carboxylic acids is 1. The summed E-state index contributed by atoms with van der Waals surface area (Å²) in [5, 5.41) is 8.67. The third kappa shape index (κ3) is 4.39. The predicted octanol–water partition coefficient (Wildman–Crippen LogP) is -0.655. The average Bonchev–Trinajstić information content (AvgIpc) is 2.26. The van der Waals surface area contributed by atoms with E-state index in [1.165, 1.54) is 12.1 Å². The lowest BCUT2D eigenvalue weighted by molar-refractivity contribution is -0.138. The highest BCUT2D eigenvalue weighted by Crippen LogP contribution is 2.06. The smallest absolute Gasteiger partial charge is 0.323 e. The van der Waals surface area contributed by atoms with Crippen molar-refractivity contribution < 1.29 is 18.3 Å². The van der Waals surface area contributed by atoms with Crippen LogP contribution in [-0.4, -0.2) is 32.1 Å². The van der Waals surface area contributed by atoms with Crippen molar-refractivity contribution >= 4 is 21.9 Å². The van der Waals surface area contributed by atoms with Crippen LogP contribution in [0.2, 0.25) is 0 Å². The molecule has 5 N–H and O–H groups in total. The third-order valence-corrected chi connectivity index (χ3v) is 2.96. The Balaban J connectivity index is 2.73. The lowest BCUT2D eigenvalue weighted by atomic mass is 10.3. The number of nitrogens with two attached hydrogens (primary N) is 1. The number of rotatable bonds is 6. The zero-order valence-corrected chi connectivity index (χ0v) is 9.65. The van der Waals surface area contributed by atoms with Gasteiger partial charge in [-0.25, -0.2) is 0 Å². The third-order valence-electron chi connectivity index (χ3n) is 1.86. The van der Waals surface area contributed by atoms with Crippen LogP contribution < -0.4 is 15.2 Å². The molecule has 1 unspecified atom stereocenters. The minimum atomic E-state index is -3.95. The van der Waals surface area contributed by atoms with Crippen molar-refractivity contribution in [2.75, 3.05) is 11.3 Å². The molecular weight excluding hydrogens is 246 g/mol. The van der Waals surface area contributed by atoms with Crippen molar-refractivity contribution in [1.29, 1.82) is 0 Å². The van der Waals surface area contributed by atoms with E-state index in [2.05, 4.69) is 4.72 Å². The number of para-hydroxylation sites is 1. The van der Waals surface area contributed by atoms with Crippen LogP contribution in [0, 0.1) is 0 Å².